The first-order valence-corrected chi connectivity index (χ1v) is 16.6. The number of hydrogen-bond donors (Lipinski definition) is 3. The Labute approximate surface area is 273 Å². The van der Waals surface area contributed by atoms with Crippen molar-refractivity contribution >= 4 is 34.3 Å². The first-order valence-electron chi connectivity index (χ1n) is 15.7. The van der Waals surface area contributed by atoms with Gasteiger partial charge >= 0.3 is 5.97 Å². The smallest absolute Gasteiger partial charge is 0.338 e. The second-order valence-corrected chi connectivity index (χ2v) is 12.7. The Morgan fingerprint density at radius 1 is 1.02 bits per heavy atom. The zero-order valence-corrected chi connectivity index (χ0v) is 26.7. The van der Waals surface area contributed by atoms with Crippen LogP contribution in [0, 0.1) is 0 Å². The van der Waals surface area contributed by atoms with Gasteiger partial charge in [0.1, 0.15) is 17.0 Å². The first-order chi connectivity index (χ1) is 22.5. The van der Waals surface area contributed by atoms with E-state index in [1.807, 2.05) is 72.8 Å². The fourth-order valence-electron chi connectivity index (χ4n) is 6.13. The van der Waals surface area contributed by atoms with Gasteiger partial charge in [0, 0.05) is 37.2 Å². The highest BCUT2D eigenvalue weighted by molar-refractivity contribution is 7.16. The lowest BCUT2D eigenvalue weighted by Crippen LogP contribution is -2.41. The number of thiophene rings is 1. The SMILES string of the molecule is COc1ccc(CN2CCc3c(sc(NC4CCCCO4)c3C(=O)O)C2CNC(=O)C=Cc2ccc(-c3ccccc3)cc2)cc1. The number of rotatable bonds is 11. The minimum absolute atomic E-state index is 0.195. The Hall–Kier alpha value is -4.44. The van der Waals surface area contributed by atoms with Crippen LogP contribution in [0.25, 0.3) is 17.2 Å². The number of carbonyl (C=O) groups is 2. The van der Waals surface area contributed by atoms with E-state index < -0.39 is 5.97 Å². The van der Waals surface area contributed by atoms with Gasteiger partial charge in [-0.1, -0.05) is 66.7 Å². The molecule has 1 aromatic heterocycles. The average Bonchev–Trinajstić information content (AvgIpc) is 3.46. The lowest BCUT2D eigenvalue weighted by Gasteiger charge is -2.36. The van der Waals surface area contributed by atoms with E-state index in [0.717, 1.165) is 57.7 Å². The Morgan fingerprint density at radius 3 is 2.48 bits per heavy atom. The van der Waals surface area contributed by atoms with Crippen molar-refractivity contribution in [1.29, 1.82) is 0 Å². The molecule has 3 N–H and O–H groups in total. The number of methoxy groups -OCH3 is 1. The summed E-state index contributed by atoms with van der Waals surface area (Å²) in [6.45, 7) is 2.33. The maximum atomic E-state index is 13.1. The number of carboxylic acid groups (broad SMARTS) is 1. The Kier molecular flexibility index (Phi) is 10.1. The van der Waals surface area contributed by atoms with E-state index in [1.54, 1.807) is 13.2 Å². The molecule has 0 radical (unpaired) electrons. The summed E-state index contributed by atoms with van der Waals surface area (Å²) in [4.78, 5) is 28.9. The molecule has 0 bridgehead atoms. The van der Waals surface area contributed by atoms with Gasteiger partial charge in [-0.05, 0) is 71.7 Å². The van der Waals surface area contributed by atoms with Gasteiger partial charge in [0.05, 0.1) is 18.7 Å². The summed E-state index contributed by atoms with van der Waals surface area (Å²) in [6.07, 6.45) is 6.67. The molecule has 1 saturated heterocycles. The molecular weight excluding hydrogens is 598 g/mol. The number of hydrogen-bond acceptors (Lipinski definition) is 7. The molecule has 0 aliphatic carbocycles. The maximum absolute atomic E-state index is 13.1. The number of aromatic carboxylic acids is 1. The molecule has 0 spiro atoms. The van der Waals surface area contributed by atoms with Crippen molar-refractivity contribution in [1.82, 2.24) is 10.2 Å². The second-order valence-electron chi connectivity index (χ2n) is 11.6. The van der Waals surface area contributed by atoms with Gasteiger partial charge in [-0.2, -0.15) is 0 Å². The largest absolute Gasteiger partial charge is 0.497 e. The molecule has 46 heavy (non-hydrogen) atoms. The molecule has 2 aliphatic heterocycles. The van der Waals surface area contributed by atoms with Crippen LogP contribution >= 0.6 is 11.3 Å². The summed E-state index contributed by atoms with van der Waals surface area (Å²) < 4.78 is 11.2. The van der Waals surface area contributed by atoms with E-state index in [9.17, 15) is 14.7 Å². The monoisotopic (exact) mass is 637 g/mol. The number of anilines is 1. The molecule has 2 aliphatic rings. The molecule has 9 heteroatoms. The van der Waals surface area contributed by atoms with Crippen LogP contribution in [0.4, 0.5) is 5.00 Å². The molecule has 3 heterocycles. The van der Waals surface area contributed by atoms with Crippen molar-refractivity contribution in [2.45, 2.75) is 44.5 Å². The Balaban J connectivity index is 1.21. The third kappa shape index (κ3) is 7.50. The molecule has 6 rings (SSSR count). The highest BCUT2D eigenvalue weighted by Crippen LogP contribution is 2.43. The molecule has 2 unspecified atom stereocenters. The molecule has 1 amide bonds. The van der Waals surface area contributed by atoms with Gasteiger partial charge < -0.3 is 25.2 Å². The van der Waals surface area contributed by atoms with E-state index >= 15 is 0 Å². The van der Waals surface area contributed by atoms with Crippen molar-refractivity contribution in [3.8, 4) is 16.9 Å². The lowest BCUT2D eigenvalue weighted by molar-refractivity contribution is -0.116. The number of carbonyl (C=O) groups excluding carboxylic acids is 1. The van der Waals surface area contributed by atoms with E-state index in [1.165, 1.54) is 11.3 Å². The van der Waals surface area contributed by atoms with Crippen molar-refractivity contribution in [3.05, 3.63) is 112 Å². The Bertz CT molecular complexity index is 1660. The third-order valence-corrected chi connectivity index (χ3v) is 9.84. The van der Waals surface area contributed by atoms with Crippen molar-refractivity contribution < 1.29 is 24.2 Å². The van der Waals surface area contributed by atoms with Gasteiger partial charge in [0.2, 0.25) is 5.91 Å². The maximum Gasteiger partial charge on any atom is 0.338 e. The van der Waals surface area contributed by atoms with Gasteiger partial charge in [-0.25, -0.2) is 4.79 Å². The summed E-state index contributed by atoms with van der Waals surface area (Å²) in [5, 5.41) is 17.4. The topological polar surface area (TPSA) is 100 Å². The van der Waals surface area contributed by atoms with Crippen LogP contribution in [0.1, 0.15) is 57.2 Å². The zero-order valence-electron chi connectivity index (χ0n) is 25.9. The number of amides is 1. The predicted molar refractivity (Wildman–Crippen MR) is 182 cm³/mol. The second kappa shape index (κ2) is 14.8. The van der Waals surface area contributed by atoms with Crippen LogP contribution in [0.3, 0.4) is 0 Å². The Morgan fingerprint density at radius 2 is 1.78 bits per heavy atom. The lowest BCUT2D eigenvalue weighted by atomic mass is 9.96. The molecule has 2 atom stereocenters. The molecule has 8 nitrogen and oxygen atoms in total. The summed E-state index contributed by atoms with van der Waals surface area (Å²) in [7, 11) is 1.65. The quantitative estimate of drug-likeness (QED) is 0.153. The summed E-state index contributed by atoms with van der Waals surface area (Å²) in [5.74, 6) is -0.351. The van der Waals surface area contributed by atoms with E-state index in [0.29, 0.717) is 43.2 Å². The van der Waals surface area contributed by atoms with E-state index in [4.69, 9.17) is 9.47 Å². The summed E-state index contributed by atoms with van der Waals surface area (Å²) >= 11 is 1.47. The standard InChI is InChI=1S/C37H39N3O5S/c1-44-29-17-12-26(13-18-29)24-40-21-20-30-34(37(42)43)36(39-33-9-5-6-22-45-33)46-35(30)31(40)23-38-32(41)19-14-25-10-15-28(16-11-25)27-7-3-2-4-8-27/h2-4,7-8,10-19,31,33,39H,5-6,9,20-24H2,1H3,(H,38,41)(H,42,43). The van der Waals surface area contributed by atoms with Gasteiger partial charge in [-0.3, -0.25) is 9.69 Å². The fraction of sp³-hybridized carbons (Fsp3) is 0.297. The van der Waals surface area contributed by atoms with Crippen molar-refractivity contribution in [2.75, 3.05) is 32.1 Å². The fourth-order valence-corrected chi connectivity index (χ4v) is 7.55. The number of nitrogens with one attached hydrogen (secondary N) is 2. The highest BCUT2D eigenvalue weighted by atomic mass is 32.1. The van der Waals surface area contributed by atoms with Crippen LogP contribution in [-0.2, 0) is 22.5 Å². The summed E-state index contributed by atoms with van der Waals surface area (Å²) in [6, 6.07) is 26.0. The van der Waals surface area contributed by atoms with Gasteiger partial charge in [0.15, 0.2) is 0 Å². The minimum Gasteiger partial charge on any atom is -0.497 e. The van der Waals surface area contributed by atoms with Crippen LogP contribution in [0.5, 0.6) is 5.75 Å². The molecule has 3 aromatic carbocycles. The number of benzene rings is 3. The average molecular weight is 638 g/mol. The normalized spacial score (nSPS) is 18.2. The molecule has 0 saturated carbocycles. The van der Waals surface area contributed by atoms with Crippen LogP contribution in [-0.4, -0.2) is 54.9 Å². The minimum atomic E-state index is -0.941. The number of carboxylic acids is 1. The number of fused-ring (bicyclic) bond motifs is 1. The van der Waals surface area contributed by atoms with Crippen LogP contribution < -0.4 is 15.4 Å². The van der Waals surface area contributed by atoms with Crippen LogP contribution in [0.2, 0.25) is 0 Å². The van der Waals surface area contributed by atoms with Crippen molar-refractivity contribution in [3.63, 3.8) is 0 Å². The third-order valence-electron chi connectivity index (χ3n) is 8.58. The van der Waals surface area contributed by atoms with E-state index in [2.05, 4.69) is 27.7 Å². The van der Waals surface area contributed by atoms with Crippen molar-refractivity contribution in [2.24, 2.45) is 0 Å². The highest BCUT2D eigenvalue weighted by Gasteiger charge is 2.35. The first kappa shape index (κ1) is 31.5. The predicted octanol–water partition coefficient (Wildman–Crippen LogP) is 6.99. The van der Waals surface area contributed by atoms with Gasteiger partial charge in [-0.15, -0.1) is 11.3 Å². The molecule has 1 fully saturated rings. The number of ether oxygens (including phenoxy) is 2. The van der Waals surface area contributed by atoms with Gasteiger partial charge in [0.25, 0.3) is 0 Å². The molecule has 4 aromatic rings. The number of nitrogens with zero attached hydrogens (tertiary/aromatic N) is 1. The molecule has 238 valence electrons. The molecular formula is C37H39N3O5S. The van der Waals surface area contributed by atoms with E-state index in [-0.39, 0.29) is 18.2 Å². The zero-order chi connectivity index (χ0) is 31.9. The van der Waals surface area contributed by atoms with Crippen LogP contribution in [0.15, 0.2) is 84.9 Å². The summed E-state index contributed by atoms with van der Waals surface area (Å²) in [5.41, 5.74) is 5.48.